The average Bonchev–Trinajstić information content (AvgIpc) is 3.21. The Hall–Kier alpha value is -2.91. The van der Waals surface area contributed by atoms with Gasteiger partial charge in [0.25, 0.3) is 5.91 Å². The zero-order valence-corrected chi connectivity index (χ0v) is 22.0. The summed E-state index contributed by atoms with van der Waals surface area (Å²) >= 11 is 0. The summed E-state index contributed by atoms with van der Waals surface area (Å²) in [7, 11) is 0. The molecule has 0 spiro atoms. The lowest BCUT2D eigenvalue weighted by atomic mass is 9.89. The largest absolute Gasteiger partial charge is 0.322 e. The highest BCUT2D eigenvalue weighted by Gasteiger charge is 2.39. The maximum atomic E-state index is 12.9. The molecule has 6 heteroatoms. The number of benzene rings is 1. The smallest absolute Gasteiger partial charge is 0.255 e. The second kappa shape index (κ2) is 13.4. The van der Waals surface area contributed by atoms with Crippen molar-refractivity contribution < 1.29 is 14.4 Å². The van der Waals surface area contributed by atoms with Crippen molar-refractivity contribution in [1.82, 2.24) is 15.5 Å². The molecule has 6 nitrogen and oxygen atoms in total. The number of nitrogens with zero attached hydrogens (tertiary/aromatic N) is 1. The van der Waals surface area contributed by atoms with Gasteiger partial charge in [-0.05, 0) is 62.8 Å². The van der Waals surface area contributed by atoms with Crippen LogP contribution in [-0.4, -0.2) is 40.7 Å². The number of imide groups is 1. The zero-order chi connectivity index (χ0) is 26.0. The van der Waals surface area contributed by atoms with Crippen LogP contribution in [0.5, 0.6) is 0 Å². The topological polar surface area (TPSA) is 78.5 Å². The molecule has 1 aromatic rings. The lowest BCUT2D eigenvalue weighted by molar-refractivity contribution is -0.136. The molecule has 0 saturated carbocycles. The molecule has 2 aliphatic heterocycles. The standard InChI is InChI=1S/C30H41N3O3/c1-4-20-30(5-2,6-3)31-21-13-11-9-7-8-10-12-15-23-16-14-17-24-25(23)22-33(29(24)36)26-18-19-27(34)32-28(26)35/h4,14,16-17,26,31H,1,5-11,13,18-22H2,2-3H3,(H,32,34,35). The first-order chi connectivity index (χ1) is 17.4. The molecule has 2 heterocycles. The van der Waals surface area contributed by atoms with Crippen LogP contribution in [0.2, 0.25) is 0 Å². The third kappa shape index (κ3) is 6.85. The lowest BCUT2D eigenvalue weighted by Gasteiger charge is -2.32. The molecule has 1 fully saturated rings. The molecule has 194 valence electrons. The van der Waals surface area contributed by atoms with Gasteiger partial charge in [-0.25, -0.2) is 0 Å². The number of carbonyl (C=O) groups is 3. The Morgan fingerprint density at radius 2 is 1.89 bits per heavy atom. The van der Waals surface area contributed by atoms with Gasteiger partial charge in [0.05, 0.1) is 0 Å². The molecule has 36 heavy (non-hydrogen) atoms. The van der Waals surface area contributed by atoms with E-state index in [-0.39, 0.29) is 29.7 Å². The van der Waals surface area contributed by atoms with E-state index in [9.17, 15) is 14.4 Å². The summed E-state index contributed by atoms with van der Waals surface area (Å²) < 4.78 is 0. The summed E-state index contributed by atoms with van der Waals surface area (Å²) in [4.78, 5) is 38.2. The van der Waals surface area contributed by atoms with E-state index in [0.29, 0.717) is 18.5 Å². The minimum Gasteiger partial charge on any atom is -0.322 e. The quantitative estimate of drug-likeness (QED) is 0.179. The number of piperidine rings is 1. The number of unbranched alkanes of at least 4 members (excludes halogenated alkanes) is 5. The first-order valence-electron chi connectivity index (χ1n) is 13.6. The Labute approximate surface area is 216 Å². The maximum absolute atomic E-state index is 12.9. The van der Waals surface area contributed by atoms with Gasteiger partial charge in [0.1, 0.15) is 6.04 Å². The Morgan fingerprint density at radius 3 is 2.61 bits per heavy atom. The average molecular weight is 492 g/mol. The summed E-state index contributed by atoms with van der Waals surface area (Å²) in [5.41, 5.74) is 2.57. The number of hydrogen-bond acceptors (Lipinski definition) is 4. The molecule has 1 unspecified atom stereocenters. The van der Waals surface area contributed by atoms with Crippen molar-refractivity contribution >= 4 is 17.7 Å². The van der Waals surface area contributed by atoms with Crippen molar-refractivity contribution in [3.05, 3.63) is 47.5 Å². The van der Waals surface area contributed by atoms with Crippen LogP contribution >= 0.6 is 0 Å². The van der Waals surface area contributed by atoms with Crippen LogP contribution in [-0.2, 0) is 16.1 Å². The highest BCUT2D eigenvalue weighted by atomic mass is 16.2. The van der Waals surface area contributed by atoms with Crippen LogP contribution in [0, 0.1) is 11.8 Å². The molecule has 3 amide bonds. The van der Waals surface area contributed by atoms with Gasteiger partial charge in [-0.15, -0.1) is 6.58 Å². The molecule has 0 aliphatic carbocycles. The highest BCUT2D eigenvalue weighted by molar-refractivity contribution is 6.05. The fourth-order valence-electron chi connectivity index (χ4n) is 5.22. The molecule has 0 bridgehead atoms. The predicted molar refractivity (Wildman–Crippen MR) is 143 cm³/mol. The van der Waals surface area contributed by atoms with Crippen LogP contribution in [0.15, 0.2) is 30.9 Å². The van der Waals surface area contributed by atoms with Crippen LogP contribution in [0.1, 0.15) is 106 Å². The summed E-state index contributed by atoms with van der Waals surface area (Å²) in [5.74, 6) is 5.72. The van der Waals surface area contributed by atoms with Crippen molar-refractivity contribution in [1.29, 1.82) is 0 Å². The summed E-state index contributed by atoms with van der Waals surface area (Å²) in [6, 6.07) is 5.00. The number of amides is 3. The SMILES string of the molecule is C=CCC(CC)(CC)NCCCCCCCC#Cc1cccc2c1CN(C1CCC(=O)NC1=O)C2=O. The van der Waals surface area contributed by atoms with Crippen LogP contribution in [0.4, 0.5) is 0 Å². The molecule has 1 saturated heterocycles. The summed E-state index contributed by atoms with van der Waals surface area (Å²) in [6.45, 7) is 9.83. The highest BCUT2D eigenvalue weighted by Crippen LogP contribution is 2.29. The third-order valence-electron chi connectivity index (χ3n) is 7.67. The molecule has 1 atom stereocenters. The number of rotatable bonds is 13. The molecular formula is C30H41N3O3. The van der Waals surface area contributed by atoms with Crippen molar-refractivity contribution in [2.24, 2.45) is 0 Å². The van der Waals surface area contributed by atoms with E-state index in [1.165, 1.54) is 25.7 Å². The first kappa shape index (κ1) is 27.7. The summed E-state index contributed by atoms with van der Waals surface area (Å²) in [5, 5.41) is 6.10. The van der Waals surface area contributed by atoms with Gasteiger partial charge >= 0.3 is 0 Å². The Bertz CT molecular complexity index is 1020. The molecular weight excluding hydrogens is 450 g/mol. The third-order valence-corrected chi connectivity index (χ3v) is 7.67. The summed E-state index contributed by atoms with van der Waals surface area (Å²) in [6.07, 6.45) is 12.6. The van der Waals surface area contributed by atoms with E-state index < -0.39 is 6.04 Å². The Morgan fingerprint density at radius 1 is 1.14 bits per heavy atom. The predicted octanol–water partition coefficient (Wildman–Crippen LogP) is 4.86. The molecule has 2 aliphatic rings. The van der Waals surface area contributed by atoms with Crippen molar-refractivity contribution in [2.75, 3.05) is 6.54 Å². The van der Waals surface area contributed by atoms with Gasteiger partial charge in [0.15, 0.2) is 0 Å². The van der Waals surface area contributed by atoms with Crippen LogP contribution in [0.3, 0.4) is 0 Å². The van der Waals surface area contributed by atoms with Gasteiger partial charge in [-0.2, -0.15) is 0 Å². The fraction of sp³-hybridized carbons (Fsp3) is 0.567. The number of nitrogens with one attached hydrogen (secondary N) is 2. The lowest BCUT2D eigenvalue weighted by Crippen LogP contribution is -2.52. The van der Waals surface area contributed by atoms with Gasteiger partial charge < -0.3 is 10.2 Å². The van der Waals surface area contributed by atoms with Gasteiger partial charge in [-0.3, -0.25) is 19.7 Å². The molecule has 3 rings (SSSR count). The number of fused-ring (bicyclic) bond motifs is 1. The van der Waals surface area contributed by atoms with Crippen LogP contribution in [0.25, 0.3) is 0 Å². The second-order valence-electron chi connectivity index (χ2n) is 9.96. The van der Waals surface area contributed by atoms with Gasteiger partial charge in [0, 0.05) is 36.1 Å². The second-order valence-corrected chi connectivity index (χ2v) is 9.96. The van der Waals surface area contributed by atoms with Crippen LogP contribution < -0.4 is 10.6 Å². The van der Waals surface area contributed by atoms with E-state index in [4.69, 9.17) is 0 Å². The van der Waals surface area contributed by atoms with E-state index in [1.807, 2.05) is 18.2 Å². The number of carbonyl (C=O) groups excluding carboxylic acids is 3. The van der Waals surface area contributed by atoms with E-state index >= 15 is 0 Å². The van der Waals surface area contributed by atoms with Gasteiger partial charge in [0.2, 0.25) is 11.8 Å². The van der Waals surface area contributed by atoms with Gasteiger partial charge in [-0.1, -0.05) is 57.1 Å². The molecule has 1 aromatic carbocycles. The molecule has 0 radical (unpaired) electrons. The zero-order valence-electron chi connectivity index (χ0n) is 22.0. The van der Waals surface area contributed by atoms with E-state index in [0.717, 1.165) is 49.8 Å². The van der Waals surface area contributed by atoms with E-state index in [2.05, 4.69) is 42.9 Å². The van der Waals surface area contributed by atoms with Crippen molar-refractivity contribution in [3.8, 4) is 11.8 Å². The first-order valence-corrected chi connectivity index (χ1v) is 13.6. The van der Waals surface area contributed by atoms with Crippen molar-refractivity contribution in [2.45, 2.75) is 103 Å². The monoisotopic (exact) mass is 491 g/mol. The minimum absolute atomic E-state index is 0.155. The van der Waals surface area contributed by atoms with E-state index in [1.54, 1.807) is 11.0 Å². The fourth-order valence-corrected chi connectivity index (χ4v) is 5.22. The maximum Gasteiger partial charge on any atom is 0.255 e. The minimum atomic E-state index is -0.596. The molecule has 0 aromatic heterocycles. The van der Waals surface area contributed by atoms with Crippen molar-refractivity contribution in [3.63, 3.8) is 0 Å². The normalized spacial score (nSPS) is 17.4. The Kier molecular flexibility index (Phi) is 10.3. The Balaban J connectivity index is 1.41. The molecule has 2 N–H and O–H groups in total. The number of hydrogen-bond donors (Lipinski definition) is 2.